The molecular weight excluding hydrogens is 364 g/mol. The van der Waals surface area contributed by atoms with Gasteiger partial charge in [0.15, 0.2) is 0 Å². The predicted octanol–water partition coefficient (Wildman–Crippen LogP) is 4.86. The zero-order chi connectivity index (χ0) is 18.6. The second kappa shape index (κ2) is 7.47. The summed E-state index contributed by atoms with van der Waals surface area (Å²) in [6.45, 7) is 0.122. The van der Waals surface area contributed by atoms with Gasteiger partial charge in [0.05, 0.1) is 12.2 Å². The summed E-state index contributed by atoms with van der Waals surface area (Å²) in [6.07, 6.45) is 0. The number of amides is 2. The minimum absolute atomic E-state index is 0.122. The Morgan fingerprint density at radius 2 is 1.78 bits per heavy atom. The van der Waals surface area contributed by atoms with E-state index in [1.165, 1.54) is 0 Å². The van der Waals surface area contributed by atoms with Crippen LogP contribution >= 0.6 is 11.6 Å². The molecule has 0 aliphatic carbocycles. The average Bonchev–Trinajstić information content (AvgIpc) is 3.16. The number of halogens is 1. The van der Waals surface area contributed by atoms with E-state index in [9.17, 15) is 4.79 Å². The van der Waals surface area contributed by atoms with Gasteiger partial charge in [-0.1, -0.05) is 53.2 Å². The molecule has 3 aromatic carbocycles. The van der Waals surface area contributed by atoms with Gasteiger partial charge in [-0.05, 0) is 35.7 Å². The molecule has 0 saturated carbocycles. The number of hydrogen-bond donors (Lipinski definition) is 2. The van der Waals surface area contributed by atoms with Gasteiger partial charge in [-0.3, -0.25) is 0 Å². The van der Waals surface area contributed by atoms with Crippen LogP contribution in [0.15, 0.2) is 71.3 Å². The Hall–Kier alpha value is -3.38. The van der Waals surface area contributed by atoms with Crippen LogP contribution in [-0.2, 0) is 6.54 Å². The van der Waals surface area contributed by atoms with E-state index >= 15 is 0 Å². The highest BCUT2D eigenvalue weighted by atomic mass is 35.5. The summed E-state index contributed by atoms with van der Waals surface area (Å²) in [6, 6.07) is 20.4. The fraction of sp³-hybridized carbons (Fsp3) is 0.0500. The van der Waals surface area contributed by atoms with Crippen LogP contribution in [0.3, 0.4) is 0 Å². The zero-order valence-electron chi connectivity index (χ0n) is 14.1. The van der Waals surface area contributed by atoms with Crippen molar-refractivity contribution < 1.29 is 9.32 Å². The van der Waals surface area contributed by atoms with Crippen molar-refractivity contribution in [2.75, 3.05) is 5.32 Å². The number of rotatable bonds is 4. The Morgan fingerprint density at radius 1 is 1.00 bits per heavy atom. The number of fused-ring (bicyclic) bond motifs is 1. The molecule has 0 aliphatic heterocycles. The zero-order valence-corrected chi connectivity index (χ0v) is 14.9. The van der Waals surface area contributed by atoms with Gasteiger partial charge < -0.3 is 15.2 Å². The third-order valence-electron chi connectivity index (χ3n) is 4.01. The molecule has 0 bridgehead atoms. The van der Waals surface area contributed by atoms with E-state index in [4.69, 9.17) is 16.1 Å². The molecule has 6 nitrogen and oxygen atoms in total. The number of carbonyl (C=O) groups is 1. The summed E-state index contributed by atoms with van der Waals surface area (Å²) < 4.78 is 5.18. The van der Waals surface area contributed by atoms with Crippen molar-refractivity contribution in [2.45, 2.75) is 6.54 Å². The van der Waals surface area contributed by atoms with Crippen LogP contribution in [0.5, 0.6) is 0 Å². The Balaban J connectivity index is 1.40. The molecule has 0 unspecified atom stereocenters. The summed E-state index contributed by atoms with van der Waals surface area (Å²) in [5.74, 6) is 0.756. The van der Waals surface area contributed by atoms with Crippen LogP contribution in [0.25, 0.3) is 22.2 Å². The first-order chi connectivity index (χ1) is 13.2. The maximum atomic E-state index is 12.2. The van der Waals surface area contributed by atoms with Crippen LogP contribution in [0.1, 0.15) is 5.89 Å². The summed E-state index contributed by atoms with van der Waals surface area (Å²) in [5.41, 5.74) is 1.52. The van der Waals surface area contributed by atoms with E-state index in [2.05, 4.69) is 20.8 Å². The van der Waals surface area contributed by atoms with Gasteiger partial charge >= 0.3 is 6.03 Å². The SMILES string of the molecule is O=C(NCc1nc(-c2ccc(Cl)cc2)no1)Nc1cccc2ccccc12. The van der Waals surface area contributed by atoms with Crippen LogP contribution in [0.2, 0.25) is 5.02 Å². The van der Waals surface area contributed by atoms with Gasteiger partial charge in [-0.2, -0.15) is 4.98 Å². The largest absolute Gasteiger partial charge is 0.337 e. The molecule has 1 heterocycles. The molecule has 0 atom stereocenters. The highest BCUT2D eigenvalue weighted by Gasteiger charge is 2.10. The molecular formula is C20H15ClN4O2. The number of nitrogens with one attached hydrogen (secondary N) is 2. The number of carbonyl (C=O) groups excluding carboxylic acids is 1. The topological polar surface area (TPSA) is 80.1 Å². The van der Waals surface area contributed by atoms with E-state index in [1.807, 2.05) is 42.5 Å². The highest BCUT2D eigenvalue weighted by molar-refractivity contribution is 6.30. The van der Waals surface area contributed by atoms with Crippen molar-refractivity contribution >= 4 is 34.1 Å². The first-order valence-electron chi connectivity index (χ1n) is 8.30. The average molecular weight is 379 g/mol. The number of anilines is 1. The molecule has 27 heavy (non-hydrogen) atoms. The number of aromatic nitrogens is 2. The molecule has 0 fully saturated rings. The summed E-state index contributed by atoms with van der Waals surface area (Å²) in [7, 11) is 0. The monoisotopic (exact) mass is 378 g/mol. The number of urea groups is 1. The Bertz CT molecular complexity index is 1090. The van der Waals surface area contributed by atoms with Crippen molar-refractivity contribution in [1.82, 2.24) is 15.5 Å². The number of hydrogen-bond acceptors (Lipinski definition) is 4. The van der Waals surface area contributed by atoms with Gasteiger partial charge in [-0.25, -0.2) is 4.79 Å². The summed E-state index contributed by atoms with van der Waals surface area (Å²) in [5, 5.41) is 12.1. The van der Waals surface area contributed by atoms with Crippen LogP contribution in [0.4, 0.5) is 10.5 Å². The Morgan fingerprint density at radius 3 is 2.63 bits per heavy atom. The van der Waals surface area contributed by atoms with E-state index in [1.54, 1.807) is 24.3 Å². The molecule has 1 aromatic heterocycles. The standard InChI is InChI=1S/C20H15ClN4O2/c21-15-10-8-14(9-11-15)19-24-18(27-25-19)12-22-20(26)23-17-7-3-5-13-4-1-2-6-16(13)17/h1-11H,12H2,(H2,22,23,26). The predicted molar refractivity (Wildman–Crippen MR) is 105 cm³/mol. The third kappa shape index (κ3) is 3.91. The molecule has 0 saturated heterocycles. The summed E-state index contributed by atoms with van der Waals surface area (Å²) in [4.78, 5) is 16.5. The van der Waals surface area contributed by atoms with Crippen molar-refractivity contribution in [2.24, 2.45) is 0 Å². The first kappa shape index (κ1) is 17.1. The second-order valence-electron chi connectivity index (χ2n) is 5.85. The lowest BCUT2D eigenvalue weighted by Crippen LogP contribution is -2.28. The van der Waals surface area contributed by atoms with E-state index < -0.39 is 0 Å². The van der Waals surface area contributed by atoms with Crippen LogP contribution in [0, 0.1) is 0 Å². The Labute approximate surface area is 160 Å². The van der Waals surface area contributed by atoms with E-state index in [0.29, 0.717) is 16.7 Å². The minimum Gasteiger partial charge on any atom is -0.337 e. The lowest BCUT2D eigenvalue weighted by atomic mass is 10.1. The van der Waals surface area contributed by atoms with Crippen molar-refractivity contribution in [3.05, 3.63) is 77.6 Å². The molecule has 0 radical (unpaired) electrons. The molecule has 0 spiro atoms. The number of benzene rings is 3. The molecule has 0 aliphatic rings. The third-order valence-corrected chi connectivity index (χ3v) is 4.26. The normalized spacial score (nSPS) is 10.7. The van der Waals surface area contributed by atoms with Gasteiger partial charge in [-0.15, -0.1) is 0 Å². The summed E-state index contributed by atoms with van der Waals surface area (Å²) >= 11 is 5.87. The van der Waals surface area contributed by atoms with Gasteiger partial charge in [0, 0.05) is 16.0 Å². The lowest BCUT2D eigenvalue weighted by Gasteiger charge is -2.09. The van der Waals surface area contributed by atoms with E-state index in [0.717, 1.165) is 22.0 Å². The minimum atomic E-state index is -0.349. The molecule has 7 heteroatoms. The maximum Gasteiger partial charge on any atom is 0.319 e. The number of nitrogens with zero attached hydrogens (tertiary/aromatic N) is 2. The molecule has 2 amide bonds. The van der Waals surface area contributed by atoms with Crippen molar-refractivity contribution in [3.8, 4) is 11.4 Å². The van der Waals surface area contributed by atoms with E-state index in [-0.39, 0.29) is 12.6 Å². The van der Waals surface area contributed by atoms with Crippen LogP contribution in [-0.4, -0.2) is 16.2 Å². The Kier molecular flexibility index (Phi) is 4.72. The fourth-order valence-electron chi connectivity index (χ4n) is 2.70. The smallest absolute Gasteiger partial charge is 0.319 e. The quantitative estimate of drug-likeness (QED) is 0.531. The fourth-order valence-corrected chi connectivity index (χ4v) is 2.83. The van der Waals surface area contributed by atoms with Gasteiger partial charge in [0.2, 0.25) is 11.7 Å². The molecule has 2 N–H and O–H groups in total. The van der Waals surface area contributed by atoms with Gasteiger partial charge in [0.25, 0.3) is 0 Å². The van der Waals surface area contributed by atoms with Crippen molar-refractivity contribution in [3.63, 3.8) is 0 Å². The van der Waals surface area contributed by atoms with Crippen molar-refractivity contribution in [1.29, 1.82) is 0 Å². The molecule has 4 aromatic rings. The maximum absolute atomic E-state index is 12.2. The van der Waals surface area contributed by atoms with Crippen LogP contribution < -0.4 is 10.6 Å². The molecule has 4 rings (SSSR count). The first-order valence-corrected chi connectivity index (χ1v) is 8.68. The second-order valence-corrected chi connectivity index (χ2v) is 6.29. The lowest BCUT2D eigenvalue weighted by molar-refractivity contribution is 0.249. The molecule has 134 valence electrons. The highest BCUT2D eigenvalue weighted by Crippen LogP contribution is 2.23. The van der Waals surface area contributed by atoms with Gasteiger partial charge in [0.1, 0.15) is 0 Å².